The summed E-state index contributed by atoms with van der Waals surface area (Å²) in [4.78, 5) is 10.5. The molecular formula is C7H6O2Se2. The molecule has 0 heterocycles. The fourth-order valence-electron chi connectivity index (χ4n) is 0.696. The quantitative estimate of drug-likeness (QED) is 0.744. The molecule has 1 aromatic carbocycles. The van der Waals surface area contributed by atoms with Crippen LogP contribution >= 0.6 is 0 Å². The molecule has 0 aliphatic carbocycles. The van der Waals surface area contributed by atoms with Crippen molar-refractivity contribution in [2.45, 2.75) is 0 Å². The number of aromatic carboxylic acids is 1. The molecular weight excluding hydrogens is 274 g/mol. The predicted molar refractivity (Wildman–Crippen MR) is 45.9 cm³/mol. The van der Waals surface area contributed by atoms with Crippen LogP contribution in [0.5, 0.6) is 0 Å². The van der Waals surface area contributed by atoms with Crippen molar-refractivity contribution >= 4 is 36.7 Å². The van der Waals surface area contributed by atoms with E-state index in [1.54, 1.807) is 18.2 Å². The van der Waals surface area contributed by atoms with Gasteiger partial charge in [0.25, 0.3) is 0 Å². The Hall–Kier alpha value is -0.271. The maximum atomic E-state index is 10.5. The standard InChI is InChI=1S/C7H6O2Se2/c8-7(9)5-2-1-3-6(4-5)11-10/h1-4,11H,(H,8,9). The first kappa shape index (κ1) is 8.82. The van der Waals surface area contributed by atoms with Gasteiger partial charge in [-0.05, 0) is 0 Å². The van der Waals surface area contributed by atoms with Gasteiger partial charge in [0.1, 0.15) is 0 Å². The van der Waals surface area contributed by atoms with E-state index < -0.39 is 5.97 Å². The van der Waals surface area contributed by atoms with Gasteiger partial charge >= 0.3 is 76.4 Å². The van der Waals surface area contributed by atoms with Gasteiger partial charge in [0.05, 0.1) is 0 Å². The first-order valence-electron chi connectivity index (χ1n) is 2.91. The van der Waals surface area contributed by atoms with E-state index in [2.05, 4.69) is 13.7 Å². The summed E-state index contributed by atoms with van der Waals surface area (Å²) >= 11 is 2.93. The summed E-state index contributed by atoms with van der Waals surface area (Å²) < 4.78 is 1.10. The zero-order valence-corrected chi connectivity index (χ0v) is 9.11. The monoisotopic (exact) mass is 282 g/mol. The molecule has 0 saturated carbocycles. The van der Waals surface area contributed by atoms with Crippen molar-refractivity contribution in [3.05, 3.63) is 29.8 Å². The molecule has 11 heavy (non-hydrogen) atoms. The molecule has 58 valence electrons. The Balaban J connectivity index is 3.10. The van der Waals surface area contributed by atoms with Crippen molar-refractivity contribution in [3.8, 4) is 0 Å². The van der Waals surface area contributed by atoms with E-state index in [1.165, 1.54) is 0 Å². The summed E-state index contributed by atoms with van der Waals surface area (Å²) in [5.74, 6) is -0.860. The molecule has 0 bridgehead atoms. The Bertz CT molecular complexity index is 296. The number of hydrogen-bond acceptors (Lipinski definition) is 1. The summed E-state index contributed by atoms with van der Waals surface area (Å²) in [5.41, 5.74) is 0.369. The normalized spacial score (nSPS) is 9.45. The SMILES string of the molecule is O=C(O)c1cccc([SeH]=[Se])c1. The van der Waals surface area contributed by atoms with Gasteiger partial charge in [-0.2, -0.15) is 0 Å². The van der Waals surface area contributed by atoms with Crippen molar-refractivity contribution in [2.24, 2.45) is 0 Å². The van der Waals surface area contributed by atoms with Gasteiger partial charge in [-0.15, -0.1) is 0 Å². The maximum absolute atomic E-state index is 10.5. The summed E-state index contributed by atoms with van der Waals surface area (Å²) in [7, 11) is 0. The van der Waals surface area contributed by atoms with Crippen molar-refractivity contribution in [2.75, 3.05) is 0 Å². The number of benzene rings is 1. The van der Waals surface area contributed by atoms with Crippen molar-refractivity contribution in [3.63, 3.8) is 0 Å². The molecule has 1 aromatic rings. The van der Waals surface area contributed by atoms with Crippen LogP contribution in [-0.4, -0.2) is 37.3 Å². The third kappa shape index (κ3) is 2.35. The minimum atomic E-state index is -0.860. The summed E-state index contributed by atoms with van der Waals surface area (Å²) in [5, 5.41) is 8.60. The fourth-order valence-corrected chi connectivity index (χ4v) is 2.64. The summed E-state index contributed by atoms with van der Waals surface area (Å²) in [6, 6.07) is 7.01. The predicted octanol–water partition coefficient (Wildman–Crippen LogP) is -0.470. The van der Waals surface area contributed by atoms with E-state index in [-0.39, 0.29) is 12.6 Å². The second kappa shape index (κ2) is 3.93. The van der Waals surface area contributed by atoms with E-state index >= 15 is 0 Å². The van der Waals surface area contributed by atoms with E-state index in [9.17, 15) is 4.79 Å². The van der Waals surface area contributed by atoms with Gasteiger partial charge in [-0.1, -0.05) is 0 Å². The van der Waals surface area contributed by atoms with Gasteiger partial charge in [0.2, 0.25) is 0 Å². The molecule has 0 saturated heterocycles. The fraction of sp³-hybridized carbons (Fsp3) is 0. The summed E-state index contributed by atoms with van der Waals surface area (Å²) in [6.07, 6.45) is 0. The molecule has 1 N–H and O–H groups in total. The molecule has 0 atom stereocenters. The first-order valence-corrected chi connectivity index (χ1v) is 8.59. The van der Waals surface area contributed by atoms with Crippen LogP contribution in [0.3, 0.4) is 0 Å². The van der Waals surface area contributed by atoms with Crippen LogP contribution in [0.25, 0.3) is 0 Å². The van der Waals surface area contributed by atoms with Crippen LogP contribution in [0.1, 0.15) is 10.4 Å². The average Bonchev–Trinajstić information content (AvgIpc) is 2.05. The van der Waals surface area contributed by atoms with Crippen LogP contribution in [0.2, 0.25) is 0 Å². The van der Waals surface area contributed by atoms with Crippen LogP contribution in [0.15, 0.2) is 24.3 Å². The van der Waals surface area contributed by atoms with Crippen LogP contribution in [0, 0.1) is 0 Å². The van der Waals surface area contributed by atoms with Crippen LogP contribution in [-0.2, 0) is 0 Å². The van der Waals surface area contributed by atoms with Gasteiger partial charge in [-0.3, -0.25) is 0 Å². The number of carboxylic acid groups (broad SMARTS) is 1. The number of hydrogen-bond donors (Lipinski definition) is 1. The molecule has 0 aromatic heterocycles. The molecule has 0 unspecified atom stereocenters. The Labute approximate surface area is 76.5 Å². The second-order valence-electron chi connectivity index (χ2n) is 1.95. The van der Waals surface area contributed by atoms with Crippen LogP contribution in [0.4, 0.5) is 0 Å². The Morgan fingerprint density at radius 1 is 1.55 bits per heavy atom. The number of carbonyl (C=O) groups is 1. The Kier molecular flexibility index (Phi) is 3.15. The molecule has 0 radical (unpaired) electrons. The third-order valence-electron chi connectivity index (χ3n) is 1.20. The van der Waals surface area contributed by atoms with E-state index in [0.717, 1.165) is 4.46 Å². The molecule has 0 spiro atoms. The second-order valence-corrected chi connectivity index (χ2v) is 5.40. The van der Waals surface area contributed by atoms with Crippen LogP contribution < -0.4 is 4.46 Å². The van der Waals surface area contributed by atoms with Gasteiger partial charge in [-0.25, -0.2) is 0 Å². The minimum absolute atomic E-state index is 0.00757. The molecule has 4 heteroatoms. The zero-order chi connectivity index (χ0) is 8.27. The first-order chi connectivity index (χ1) is 5.24. The van der Waals surface area contributed by atoms with Crippen molar-refractivity contribution in [1.82, 2.24) is 0 Å². The molecule has 0 aliphatic heterocycles. The van der Waals surface area contributed by atoms with Gasteiger partial charge in [0.15, 0.2) is 0 Å². The molecule has 0 fully saturated rings. The molecule has 1 rings (SSSR count). The van der Waals surface area contributed by atoms with E-state index in [0.29, 0.717) is 5.56 Å². The number of rotatable bonds is 2. The zero-order valence-electron chi connectivity index (χ0n) is 5.52. The van der Waals surface area contributed by atoms with E-state index in [4.69, 9.17) is 5.11 Å². The topological polar surface area (TPSA) is 37.3 Å². The molecule has 0 amide bonds. The Morgan fingerprint density at radius 3 is 2.82 bits per heavy atom. The molecule has 2 nitrogen and oxygen atoms in total. The third-order valence-corrected chi connectivity index (χ3v) is 4.52. The Morgan fingerprint density at radius 2 is 2.27 bits per heavy atom. The summed E-state index contributed by atoms with van der Waals surface area (Å²) in [6.45, 7) is 0. The van der Waals surface area contributed by atoms with E-state index in [1.807, 2.05) is 6.07 Å². The van der Waals surface area contributed by atoms with Crippen molar-refractivity contribution in [1.29, 1.82) is 0 Å². The van der Waals surface area contributed by atoms with Gasteiger partial charge in [0, 0.05) is 0 Å². The molecule has 0 aliphatic rings. The number of carboxylic acids is 1. The average molecular weight is 280 g/mol. The van der Waals surface area contributed by atoms with Crippen molar-refractivity contribution < 1.29 is 9.90 Å². The van der Waals surface area contributed by atoms with Gasteiger partial charge < -0.3 is 0 Å².